The maximum Gasteiger partial charge on any atom is 0.189 e. The van der Waals surface area contributed by atoms with Crippen molar-refractivity contribution in [1.82, 2.24) is 0 Å². The molecule has 1 aliphatic rings. The van der Waals surface area contributed by atoms with Crippen LogP contribution in [0.1, 0.15) is 35.7 Å². The Bertz CT molecular complexity index is 408. The monoisotopic (exact) mass is 234 g/mol. The summed E-state index contributed by atoms with van der Waals surface area (Å²) in [7, 11) is 0. The molecule has 1 fully saturated rings. The Morgan fingerprint density at radius 1 is 1.41 bits per heavy atom. The van der Waals surface area contributed by atoms with Gasteiger partial charge >= 0.3 is 0 Å². The SMILES string of the molecule is CC(=O)c1cc(C)ccc1OCOCC1CC1. The predicted molar refractivity (Wildman–Crippen MR) is 65.4 cm³/mol. The van der Waals surface area contributed by atoms with E-state index in [1.807, 2.05) is 25.1 Å². The van der Waals surface area contributed by atoms with Gasteiger partial charge in [-0.15, -0.1) is 0 Å². The van der Waals surface area contributed by atoms with Gasteiger partial charge in [0.25, 0.3) is 0 Å². The molecule has 0 aliphatic heterocycles. The fourth-order valence-electron chi connectivity index (χ4n) is 1.65. The fraction of sp³-hybridized carbons (Fsp3) is 0.500. The first-order valence-corrected chi connectivity index (χ1v) is 5.99. The third-order valence-electron chi connectivity index (χ3n) is 2.86. The van der Waals surface area contributed by atoms with Crippen LogP contribution in [0.3, 0.4) is 0 Å². The van der Waals surface area contributed by atoms with Gasteiger partial charge in [-0.2, -0.15) is 0 Å². The van der Waals surface area contributed by atoms with Gasteiger partial charge in [-0.25, -0.2) is 0 Å². The fourth-order valence-corrected chi connectivity index (χ4v) is 1.65. The van der Waals surface area contributed by atoms with Crippen molar-refractivity contribution in [1.29, 1.82) is 0 Å². The van der Waals surface area contributed by atoms with Gasteiger partial charge in [0.2, 0.25) is 0 Å². The minimum atomic E-state index is 0.0193. The number of hydrogen-bond acceptors (Lipinski definition) is 3. The molecule has 92 valence electrons. The molecule has 0 N–H and O–H groups in total. The van der Waals surface area contributed by atoms with Gasteiger partial charge in [0.1, 0.15) is 5.75 Å². The van der Waals surface area contributed by atoms with Gasteiger partial charge in [-0.3, -0.25) is 4.79 Å². The molecule has 0 radical (unpaired) electrons. The van der Waals surface area contributed by atoms with Crippen LogP contribution >= 0.6 is 0 Å². The Labute approximate surface area is 102 Å². The van der Waals surface area contributed by atoms with E-state index in [0.29, 0.717) is 11.3 Å². The molecule has 1 aromatic carbocycles. The highest BCUT2D eigenvalue weighted by molar-refractivity contribution is 5.97. The zero-order valence-electron chi connectivity index (χ0n) is 10.4. The molecular weight excluding hydrogens is 216 g/mol. The van der Waals surface area contributed by atoms with Crippen LogP contribution in [0.25, 0.3) is 0 Å². The number of carbonyl (C=O) groups excluding carboxylic acids is 1. The van der Waals surface area contributed by atoms with Crippen LogP contribution < -0.4 is 4.74 Å². The number of hydrogen-bond donors (Lipinski definition) is 0. The van der Waals surface area contributed by atoms with E-state index in [0.717, 1.165) is 18.1 Å². The zero-order valence-corrected chi connectivity index (χ0v) is 10.4. The molecule has 0 bridgehead atoms. The second-order valence-electron chi connectivity index (χ2n) is 4.63. The highest BCUT2D eigenvalue weighted by Gasteiger charge is 2.21. The number of aryl methyl sites for hydroxylation is 1. The van der Waals surface area contributed by atoms with Crippen molar-refractivity contribution in [2.45, 2.75) is 26.7 Å². The lowest BCUT2D eigenvalue weighted by atomic mass is 10.1. The van der Waals surface area contributed by atoms with Crippen LogP contribution in [0.15, 0.2) is 18.2 Å². The maximum absolute atomic E-state index is 11.4. The second kappa shape index (κ2) is 5.32. The number of carbonyl (C=O) groups is 1. The zero-order chi connectivity index (χ0) is 12.3. The molecule has 0 heterocycles. The first kappa shape index (κ1) is 12.1. The Kier molecular flexibility index (Phi) is 3.79. The van der Waals surface area contributed by atoms with E-state index in [1.165, 1.54) is 12.8 Å². The van der Waals surface area contributed by atoms with Crippen LogP contribution in [0.2, 0.25) is 0 Å². The van der Waals surface area contributed by atoms with E-state index >= 15 is 0 Å². The molecule has 1 saturated carbocycles. The molecule has 17 heavy (non-hydrogen) atoms. The van der Waals surface area contributed by atoms with Crippen LogP contribution in [0.5, 0.6) is 5.75 Å². The summed E-state index contributed by atoms with van der Waals surface area (Å²) in [6.45, 7) is 4.49. The molecular formula is C14H18O3. The lowest BCUT2D eigenvalue weighted by Gasteiger charge is -2.10. The molecule has 0 amide bonds. The summed E-state index contributed by atoms with van der Waals surface area (Å²) in [5, 5.41) is 0. The van der Waals surface area contributed by atoms with E-state index in [2.05, 4.69) is 0 Å². The Balaban J connectivity index is 1.91. The van der Waals surface area contributed by atoms with Crippen molar-refractivity contribution in [3.8, 4) is 5.75 Å². The van der Waals surface area contributed by atoms with Gasteiger partial charge in [-0.1, -0.05) is 11.6 Å². The second-order valence-corrected chi connectivity index (χ2v) is 4.63. The number of Topliss-reactive ketones (excluding diaryl/α,β-unsaturated/α-hetero) is 1. The summed E-state index contributed by atoms with van der Waals surface area (Å²) in [6, 6.07) is 5.60. The van der Waals surface area contributed by atoms with Gasteiger partial charge in [0.15, 0.2) is 12.6 Å². The first-order valence-electron chi connectivity index (χ1n) is 5.99. The van der Waals surface area contributed by atoms with Gasteiger partial charge in [-0.05, 0) is 44.7 Å². The number of rotatable bonds is 6. The van der Waals surface area contributed by atoms with E-state index < -0.39 is 0 Å². The summed E-state index contributed by atoms with van der Waals surface area (Å²) >= 11 is 0. The normalized spacial score (nSPS) is 14.7. The standard InChI is InChI=1S/C14H18O3/c1-10-3-6-14(13(7-10)11(2)15)17-9-16-8-12-4-5-12/h3,6-7,12H,4-5,8-9H2,1-2H3. The predicted octanol–water partition coefficient (Wildman–Crippen LogP) is 2.96. The third kappa shape index (κ3) is 3.56. The van der Waals surface area contributed by atoms with E-state index in [1.54, 1.807) is 6.92 Å². The highest BCUT2D eigenvalue weighted by Crippen LogP contribution is 2.29. The lowest BCUT2D eigenvalue weighted by Crippen LogP contribution is -2.08. The number of ether oxygens (including phenoxy) is 2. The largest absolute Gasteiger partial charge is 0.467 e. The van der Waals surface area contributed by atoms with Crippen molar-refractivity contribution in [3.05, 3.63) is 29.3 Å². The van der Waals surface area contributed by atoms with Gasteiger partial charge in [0, 0.05) is 0 Å². The summed E-state index contributed by atoms with van der Waals surface area (Å²) in [4.78, 5) is 11.4. The third-order valence-corrected chi connectivity index (χ3v) is 2.86. The molecule has 3 heteroatoms. The van der Waals surface area contributed by atoms with Crippen LogP contribution in [-0.2, 0) is 4.74 Å². The maximum atomic E-state index is 11.4. The Hall–Kier alpha value is -1.35. The molecule has 3 nitrogen and oxygen atoms in total. The summed E-state index contributed by atoms with van der Waals surface area (Å²) in [6.07, 6.45) is 2.53. The van der Waals surface area contributed by atoms with Crippen molar-refractivity contribution in [3.63, 3.8) is 0 Å². The minimum Gasteiger partial charge on any atom is -0.467 e. The molecule has 0 unspecified atom stereocenters. The minimum absolute atomic E-state index is 0.0193. The average molecular weight is 234 g/mol. The van der Waals surface area contributed by atoms with Crippen molar-refractivity contribution < 1.29 is 14.3 Å². The molecule has 1 aliphatic carbocycles. The van der Waals surface area contributed by atoms with E-state index in [4.69, 9.17) is 9.47 Å². The summed E-state index contributed by atoms with van der Waals surface area (Å²) in [5.74, 6) is 1.36. The highest BCUT2D eigenvalue weighted by atomic mass is 16.7. The quantitative estimate of drug-likeness (QED) is 0.431. The summed E-state index contributed by atoms with van der Waals surface area (Å²) in [5.41, 5.74) is 1.68. The van der Waals surface area contributed by atoms with Crippen molar-refractivity contribution >= 4 is 5.78 Å². The lowest BCUT2D eigenvalue weighted by molar-refractivity contribution is 0.00959. The van der Waals surface area contributed by atoms with E-state index in [9.17, 15) is 4.79 Å². The van der Waals surface area contributed by atoms with Crippen LogP contribution in [0.4, 0.5) is 0 Å². The molecule has 0 saturated heterocycles. The Morgan fingerprint density at radius 3 is 2.82 bits per heavy atom. The first-order chi connectivity index (χ1) is 8.16. The van der Waals surface area contributed by atoms with Gasteiger partial charge < -0.3 is 9.47 Å². The topological polar surface area (TPSA) is 35.5 Å². The molecule has 2 rings (SSSR count). The average Bonchev–Trinajstić information content (AvgIpc) is 3.09. The van der Waals surface area contributed by atoms with Crippen LogP contribution in [-0.4, -0.2) is 19.2 Å². The van der Waals surface area contributed by atoms with Crippen LogP contribution in [0, 0.1) is 12.8 Å². The number of ketones is 1. The molecule has 0 atom stereocenters. The van der Waals surface area contributed by atoms with Gasteiger partial charge in [0.05, 0.1) is 12.2 Å². The summed E-state index contributed by atoms with van der Waals surface area (Å²) < 4.78 is 10.9. The van der Waals surface area contributed by atoms with Crippen molar-refractivity contribution in [2.75, 3.05) is 13.4 Å². The molecule has 1 aromatic rings. The number of benzene rings is 1. The molecule has 0 aromatic heterocycles. The van der Waals surface area contributed by atoms with Crippen molar-refractivity contribution in [2.24, 2.45) is 5.92 Å². The molecule has 0 spiro atoms. The Morgan fingerprint density at radius 2 is 2.18 bits per heavy atom. The smallest absolute Gasteiger partial charge is 0.189 e. The van der Waals surface area contributed by atoms with E-state index in [-0.39, 0.29) is 12.6 Å².